The Balaban J connectivity index is 1.96. The van der Waals surface area contributed by atoms with Gasteiger partial charge in [-0.2, -0.15) is 0 Å². The van der Waals surface area contributed by atoms with Gasteiger partial charge in [-0.05, 0) is 26.0 Å². The number of rotatable bonds is 8. The van der Waals surface area contributed by atoms with Crippen molar-refractivity contribution in [3.05, 3.63) is 36.4 Å². The molecule has 0 radical (unpaired) electrons. The fourth-order valence-corrected chi connectivity index (χ4v) is 3.76. The van der Waals surface area contributed by atoms with Crippen molar-refractivity contribution in [3.63, 3.8) is 0 Å². The smallest absolute Gasteiger partial charge is 0.333 e. The lowest BCUT2D eigenvalue weighted by Crippen LogP contribution is -2.26. The average molecular weight is 337 g/mol. The summed E-state index contributed by atoms with van der Waals surface area (Å²) in [6.45, 7) is 8.13. The van der Waals surface area contributed by atoms with Crippen LogP contribution in [0.2, 0.25) is 0 Å². The summed E-state index contributed by atoms with van der Waals surface area (Å²) in [6.07, 6.45) is -0.304. The van der Waals surface area contributed by atoms with Crippen LogP contribution in [0.15, 0.2) is 40.8 Å². The van der Waals surface area contributed by atoms with E-state index in [0.29, 0.717) is 24.5 Å². The molecule has 0 bridgehead atoms. The Hall–Kier alpha value is -1.37. The number of thioether (sulfide) groups is 1. The van der Waals surface area contributed by atoms with Gasteiger partial charge in [0.2, 0.25) is 0 Å². The maximum Gasteiger partial charge on any atom is 0.333 e. The van der Waals surface area contributed by atoms with E-state index in [2.05, 4.69) is 17.6 Å². The molecule has 0 fully saturated rings. The molecule has 0 saturated heterocycles. The molecular formula is C16H19NO3S2. The van der Waals surface area contributed by atoms with E-state index in [9.17, 15) is 4.79 Å². The first kappa shape index (κ1) is 17.0. The molecule has 1 aromatic heterocycles. The highest BCUT2D eigenvalue weighted by atomic mass is 32.2. The molecule has 118 valence electrons. The second-order valence-electron chi connectivity index (χ2n) is 4.73. The lowest BCUT2D eigenvalue weighted by molar-refractivity contribution is -0.145. The van der Waals surface area contributed by atoms with Crippen LogP contribution in [-0.4, -0.2) is 36.0 Å². The number of carbonyl (C=O) groups is 1. The number of benzene rings is 1. The minimum Gasteiger partial charge on any atom is -0.456 e. The molecule has 22 heavy (non-hydrogen) atoms. The summed E-state index contributed by atoms with van der Waals surface area (Å²) in [5, 5.41) is 0. The lowest BCUT2D eigenvalue weighted by atomic mass is 10.3. The van der Waals surface area contributed by atoms with Crippen molar-refractivity contribution in [2.75, 3.05) is 19.0 Å². The fourth-order valence-electron chi connectivity index (χ4n) is 1.69. The topological polar surface area (TPSA) is 48.4 Å². The van der Waals surface area contributed by atoms with Crippen molar-refractivity contribution < 1.29 is 14.3 Å². The van der Waals surface area contributed by atoms with Gasteiger partial charge >= 0.3 is 5.97 Å². The molecule has 1 unspecified atom stereocenters. The summed E-state index contributed by atoms with van der Waals surface area (Å²) < 4.78 is 12.9. The molecule has 2 aromatic rings. The van der Waals surface area contributed by atoms with Gasteiger partial charge in [0.05, 0.1) is 16.8 Å². The molecule has 1 atom stereocenters. The maximum absolute atomic E-state index is 11.7. The number of ether oxygens (including phenoxy) is 2. The molecular weight excluding hydrogens is 318 g/mol. The van der Waals surface area contributed by atoms with Crippen LogP contribution in [-0.2, 0) is 14.3 Å². The van der Waals surface area contributed by atoms with Crippen molar-refractivity contribution in [2.45, 2.75) is 24.3 Å². The Bertz CT molecular complexity index is 621. The standard InChI is InChI=1S/C16H19NO3S2/c1-4-19-9-12(20-15(18)11(2)3)10-21-16-17-13-7-5-6-8-14(13)22-16/h5-8,12H,2,4,9-10H2,1,3H3. The second kappa shape index (κ2) is 8.31. The Morgan fingerprint density at radius 2 is 2.23 bits per heavy atom. The molecule has 0 amide bonds. The van der Waals surface area contributed by atoms with Crippen molar-refractivity contribution in [1.29, 1.82) is 0 Å². The average Bonchev–Trinajstić information content (AvgIpc) is 2.92. The zero-order valence-corrected chi connectivity index (χ0v) is 14.3. The van der Waals surface area contributed by atoms with E-state index in [-0.39, 0.29) is 12.1 Å². The first-order valence-electron chi connectivity index (χ1n) is 7.02. The summed E-state index contributed by atoms with van der Waals surface area (Å²) in [6, 6.07) is 8.02. The van der Waals surface area contributed by atoms with Gasteiger partial charge < -0.3 is 9.47 Å². The van der Waals surface area contributed by atoms with E-state index < -0.39 is 0 Å². The number of esters is 1. The highest BCUT2D eigenvalue weighted by molar-refractivity contribution is 8.01. The molecule has 2 rings (SSSR count). The molecule has 1 heterocycles. The zero-order valence-electron chi connectivity index (χ0n) is 12.7. The molecule has 4 nitrogen and oxygen atoms in total. The first-order valence-corrected chi connectivity index (χ1v) is 8.83. The van der Waals surface area contributed by atoms with Crippen LogP contribution in [0.3, 0.4) is 0 Å². The summed E-state index contributed by atoms with van der Waals surface area (Å²) in [4.78, 5) is 16.2. The van der Waals surface area contributed by atoms with E-state index >= 15 is 0 Å². The largest absolute Gasteiger partial charge is 0.456 e. The minimum absolute atomic E-state index is 0.304. The van der Waals surface area contributed by atoms with Gasteiger partial charge in [0, 0.05) is 17.9 Å². The van der Waals surface area contributed by atoms with Crippen molar-refractivity contribution in [2.24, 2.45) is 0 Å². The molecule has 0 aliphatic heterocycles. The first-order chi connectivity index (χ1) is 10.6. The van der Waals surface area contributed by atoms with E-state index in [0.717, 1.165) is 14.6 Å². The van der Waals surface area contributed by atoms with Gasteiger partial charge in [0.25, 0.3) is 0 Å². The van der Waals surface area contributed by atoms with Crippen LogP contribution in [0.25, 0.3) is 10.2 Å². The minimum atomic E-state index is -0.380. The molecule has 0 spiro atoms. The predicted molar refractivity (Wildman–Crippen MR) is 91.5 cm³/mol. The van der Waals surface area contributed by atoms with Crippen molar-refractivity contribution in [1.82, 2.24) is 4.98 Å². The third kappa shape index (κ3) is 4.83. The number of nitrogens with zero attached hydrogens (tertiary/aromatic N) is 1. The van der Waals surface area contributed by atoms with Crippen LogP contribution in [0, 0.1) is 0 Å². The maximum atomic E-state index is 11.7. The third-order valence-corrected chi connectivity index (χ3v) is 5.11. The van der Waals surface area contributed by atoms with Crippen LogP contribution in [0.1, 0.15) is 13.8 Å². The van der Waals surface area contributed by atoms with E-state index in [4.69, 9.17) is 9.47 Å². The molecule has 0 aliphatic rings. The summed E-state index contributed by atoms with van der Waals surface area (Å²) in [5.41, 5.74) is 1.39. The molecule has 0 saturated carbocycles. The Kier molecular flexibility index (Phi) is 6.42. The summed E-state index contributed by atoms with van der Waals surface area (Å²) in [7, 11) is 0. The Morgan fingerprint density at radius 1 is 1.45 bits per heavy atom. The number of carbonyl (C=O) groups excluding carboxylic acids is 1. The second-order valence-corrected chi connectivity index (χ2v) is 7.02. The number of para-hydroxylation sites is 1. The predicted octanol–water partition coefficient (Wildman–Crippen LogP) is 3.91. The van der Waals surface area contributed by atoms with Crippen LogP contribution < -0.4 is 0 Å². The Morgan fingerprint density at radius 3 is 2.91 bits per heavy atom. The van der Waals surface area contributed by atoms with Crippen molar-refractivity contribution in [3.8, 4) is 0 Å². The zero-order chi connectivity index (χ0) is 15.9. The van der Waals surface area contributed by atoms with Crippen molar-refractivity contribution >= 4 is 39.3 Å². The summed E-state index contributed by atoms with van der Waals surface area (Å²) in [5.74, 6) is 0.230. The number of fused-ring (bicyclic) bond motifs is 1. The number of hydrogen-bond acceptors (Lipinski definition) is 6. The number of hydrogen-bond donors (Lipinski definition) is 0. The molecule has 6 heteroatoms. The molecule has 0 N–H and O–H groups in total. The van der Waals surface area contributed by atoms with Crippen LogP contribution >= 0.6 is 23.1 Å². The van der Waals surface area contributed by atoms with Crippen LogP contribution in [0.5, 0.6) is 0 Å². The van der Waals surface area contributed by atoms with E-state index in [1.165, 1.54) is 0 Å². The van der Waals surface area contributed by atoms with Crippen LogP contribution in [0.4, 0.5) is 0 Å². The van der Waals surface area contributed by atoms with Gasteiger partial charge in [-0.25, -0.2) is 9.78 Å². The van der Waals surface area contributed by atoms with E-state index in [1.54, 1.807) is 30.0 Å². The van der Waals surface area contributed by atoms with Gasteiger partial charge in [0.1, 0.15) is 6.10 Å². The number of aromatic nitrogens is 1. The van der Waals surface area contributed by atoms with Gasteiger partial charge in [-0.1, -0.05) is 30.5 Å². The Labute approximate surface area is 138 Å². The highest BCUT2D eigenvalue weighted by Crippen LogP contribution is 2.30. The monoisotopic (exact) mass is 337 g/mol. The van der Waals surface area contributed by atoms with Gasteiger partial charge in [0.15, 0.2) is 4.34 Å². The molecule has 0 aliphatic carbocycles. The SMILES string of the molecule is C=C(C)C(=O)OC(COCC)CSc1nc2ccccc2s1. The fraction of sp³-hybridized carbons (Fsp3) is 0.375. The van der Waals surface area contributed by atoms with Gasteiger partial charge in [-0.3, -0.25) is 0 Å². The quantitative estimate of drug-likeness (QED) is 0.415. The summed E-state index contributed by atoms with van der Waals surface area (Å²) >= 11 is 3.22. The third-order valence-electron chi connectivity index (χ3n) is 2.80. The number of thiazole rings is 1. The normalized spacial score (nSPS) is 12.3. The molecule has 1 aromatic carbocycles. The highest BCUT2D eigenvalue weighted by Gasteiger charge is 2.17. The van der Waals surface area contributed by atoms with E-state index in [1.807, 2.05) is 25.1 Å². The lowest BCUT2D eigenvalue weighted by Gasteiger charge is -2.16. The van der Waals surface area contributed by atoms with Gasteiger partial charge in [-0.15, -0.1) is 11.3 Å².